The van der Waals surface area contributed by atoms with E-state index in [2.05, 4.69) is 0 Å². The van der Waals surface area contributed by atoms with Crippen LogP contribution in [-0.2, 0) is 4.74 Å². The number of benzene rings is 2. The van der Waals surface area contributed by atoms with Crippen molar-refractivity contribution in [2.75, 3.05) is 13.7 Å². The van der Waals surface area contributed by atoms with Crippen LogP contribution in [0.15, 0.2) is 36.4 Å². The van der Waals surface area contributed by atoms with Gasteiger partial charge in [-0.15, -0.1) is 0 Å². The molecule has 0 aliphatic carbocycles. The van der Waals surface area contributed by atoms with Crippen molar-refractivity contribution in [3.05, 3.63) is 52.5 Å². The number of phenols is 2. The van der Waals surface area contributed by atoms with E-state index < -0.39 is 24.1 Å². The summed E-state index contributed by atoms with van der Waals surface area (Å²) in [4.78, 5) is 23.8. The quantitative estimate of drug-likeness (QED) is 0.644. The molecule has 0 heterocycles. The van der Waals surface area contributed by atoms with Crippen molar-refractivity contribution in [1.82, 2.24) is 0 Å². The Labute approximate surface area is 136 Å². The lowest BCUT2D eigenvalue weighted by Gasteiger charge is -2.07. The molecule has 23 heavy (non-hydrogen) atoms. The summed E-state index contributed by atoms with van der Waals surface area (Å²) in [5.41, 5.74) is 0.113. The molecule has 0 radical (unpaired) electrons. The van der Waals surface area contributed by atoms with Gasteiger partial charge in [0.25, 0.3) is 0 Å². The summed E-state index contributed by atoms with van der Waals surface area (Å²) >= 11 is 5.93. The second kappa shape index (κ2) is 7.02. The first-order chi connectivity index (χ1) is 10.9. The second-order valence-electron chi connectivity index (χ2n) is 4.55. The first kappa shape index (κ1) is 16.6. The second-order valence-corrected chi connectivity index (χ2v) is 4.96. The summed E-state index contributed by atoms with van der Waals surface area (Å²) in [5, 5.41) is 19.0. The van der Waals surface area contributed by atoms with Gasteiger partial charge >= 0.3 is 5.97 Å². The monoisotopic (exact) mass is 336 g/mol. The molecule has 0 spiro atoms. The first-order valence-corrected chi connectivity index (χ1v) is 6.86. The average Bonchev–Trinajstić information content (AvgIpc) is 2.52. The number of ether oxygens (including phenoxy) is 2. The predicted octanol–water partition coefficient (Wildman–Crippen LogP) is 2.80. The van der Waals surface area contributed by atoms with Crippen LogP contribution in [-0.4, -0.2) is 35.7 Å². The minimum Gasteiger partial charge on any atom is -0.508 e. The van der Waals surface area contributed by atoms with E-state index in [1.165, 1.54) is 37.4 Å². The number of Topliss-reactive ketones (excluding diaryl/α,β-unsaturated/α-hetero) is 1. The third kappa shape index (κ3) is 3.92. The lowest BCUT2D eigenvalue weighted by atomic mass is 10.1. The number of rotatable bonds is 5. The molecule has 2 aromatic carbocycles. The van der Waals surface area contributed by atoms with Crippen molar-refractivity contribution in [3.8, 4) is 17.2 Å². The van der Waals surface area contributed by atoms with Gasteiger partial charge in [-0.1, -0.05) is 11.6 Å². The molecule has 0 unspecified atom stereocenters. The molecule has 0 bridgehead atoms. The van der Waals surface area contributed by atoms with Crippen LogP contribution in [0.2, 0.25) is 5.02 Å². The maximum atomic E-state index is 12.0. The normalized spacial score (nSPS) is 10.2. The van der Waals surface area contributed by atoms with Crippen LogP contribution in [0.25, 0.3) is 0 Å². The van der Waals surface area contributed by atoms with Gasteiger partial charge in [0, 0.05) is 11.6 Å². The predicted molar refractivity (Wildman–Crippen MR) is 82.4 cm³/mol. The average molecular weight is 337 g/mol. The Hall–Kier alpha value is -2.73. The number of halogens is 1. The molecule has 120 valence electrons. The lowest BCUT2D eigenvalue weighted by Crippen LogP contribution is -2.14. The molecule has 2 N–H and O–H groups in total. The maximum absolute atomic E-state index is 12.0. The molecular weight excluding hydrogens is 324 g/mol. The van der Waals surface area contributed by atoms with Crippen molar-refractivity contribution in [1.29, 1.82) is 0 Å². The van der Waals surface area contributed by atoms with Crippen LogP contribution in [0.5, 0.6) is 17.2 Å². The Balaban J connectivity index is 2.04. The zero-order chi connectivity index (χ0) is 17.0. The van der Waals surface area contributed by atoms with Crippen molar-refractivity contribution < 1.29 is 29.3 Å². The van der Waals surface area contributed by atoms with Gasteiger partial charge in [0.1, 0.15) is 22.8 Å². The molecule has 0 aliphatic rings. The zero-order valence-corrected chi connectivity index (χ0v) is 12.8. The van der Waals surface area contributed by atoms with Gasteiger partial charge in [-0.3, -0.25) is 4.79 Å². The van der Waals surface area contributed by atoms with Crippen molar-refractivity contribution >= 4 is 23.4 Å². The van der Waals surface area contributed by atoms with Crippen LogP contribution in [0, 0.1) is 0 Å². The number of ketones is 1. The van der Waals surface area contributed by atoms with Crippen LogP contribution in [0.4, 0.5) is 0 Å². The summed E-state index contributed by atoms with van der Waals surface area (Å²) < 4.78 is 9.84. The fourth-order valence-electron chi connectivity index (χ4n) is 1.82. The van der Waals surface area contributed by atoms with E-state index in [0.717, 1.165) is 6.07 Å². The molecule has 0 aromatic heterocycles. The van der Waals surface area contributed by atoms with Crippen LogP contribution >= 0.6 is 11.6 Å². The van der Waals surface area contributed by atoms with E-state index in [9.17, 15) is 14.7 Å². The molecule has 2 aromatic rings. The Morgan fingerprint density at radius 2 is 1.87 bits per heavy atom. The lowest BCUT2D eigenvalue weighted by molar-refractivity contribution is 0.0471. The van der Waals surface area contributed by atoms with E-state index in [4.69, 9.17) is 26.2 Å². The number of hydrogen-bond acceptors (Lipinski definition) is 6. The Kier molecular flexibility index (Phi) is 5.08. The van der Waals surface area contributed by atoms with Crippen molar-refractivity contribution in [2.24, 2.45) is 0 Å². The highest BCUT2D eigenvalue weighted by molar-refractivity contribution is 6.32. The molecule has 2 rings (SSSR count). The number of carbonyl (C=O) groups is 2. The number of methoxy groups -OCH3 is 1. The van der Waals surface area contributed by atoms with Gasteiger partial charge in [0.2, 0.25) is 0 Å². The highest BCUT2D eigenvalue weighted by Gasteiger charge is 2.16. The summed E-state index contributed by atoms with van der Waals surface area (Å²) in [6, 6.07) is 7.86. The van der Waals surface area contributed by atoms with Gasteiger partial charge < -0.3 is 19.7 Å². The fourth-order valence-corrected chi connectivity index (χ4v) is 2.08. The Morgan fingerprint density at radius 1 is 1.13 bits per heavy atom. The number of hydrogen-bond donors (Lipinski definition) is 2. The summed E-state index contributed by atoms with van der Waals surface area (Å²) in [5.74, 6) is -1.54. The minimum absolute atomic E-state index is 0.150. The molecule has 0 aliphatic heterocycles. The van der Waals surface area contributed by atoms with Crippen molar-refractivity contribution in [3.63, 3.8) is 0 Å². The van der Waals surface area contributed by atoms with E-state index in [1.807, 2.05) is 0 Å². The molecule has 7 heteroatoms. The third-order valence-electron chi connectivity index (χ3n) is 3.01. The van der Waals surface area contributed by atoms with Gasteiger partial charge in [0.05, 0.1) is 12.1 Å². The van der Waals surface area contributed by atoms with E-state index in [-0.39, 0.29) is 21.9 Å². The number of esters is 1. The SMILES string of the molecule is COc1ccc(C(=O)COC(=O)c2ccc(O)cc2O)cc1Cl. The number of aromatic hydroxyl groups is 2. The Bertz CT molecular complexity index is 756. The first-order valence-electron chi connectivity index (χ1n) is 6.48. The fraction of sp³-hybridized carbons (Fsp3) is 0.125. The minimum atomic E-state index is -0.879. The number of carbonyl (C=O) groups excluding carboxylic acids is 2. The standard InChI is InChI=1S/C16H13ClO6/c1-22-15-5-2-9(6-12(15)17)14(20)8-23-16(21)11-4-3-10(18)7-13(11)19/h2-7,18-19H,8H2,1H3. The van der Waals surface area contributed by atoms with Gasteiger partial charge in [-0.2, -0.15) is 0 Å². The molecule has 0 saturated carbocycles. The van der Waals surface area contributed by atoms with Gasteiger partial charge in [0.15, 0.2) is 12.4 Å². The third-order valence-corrected chi connectivity index (χ3v) is 3.30. The molecule has 0 saturated heterocycles. The summed E-state index contributed by atoms with van der Waals surface area (Å²) in [6.45, 7) is -0.512. The van der Waals surface area contributed by atoms with Crippen molar-refractivity contribution in [2.45, 2.75) is 0 Å². The van der Waals surface area contributed by atoms with E-state index in [1.54, 1.807) is 0 Å². The highest BCUT2D eigenvalue weighted by atomic mass is 35.5. The summed E-state index contributed by atoms with van der Waals surface area (Å²) in [7, 11) is 1.45. The Morgan fingerprint density at radius 3 is 2.48 bits per heavy atom. The molecule has 0 amide bonds. The molecule has 0 atom stereocenters. The van der Waals surface area contributed by atoms with Crippen LogP contribution in [0.1, 0.15) is 20.7 Å². The molecule has 6 nitrogen and oxygen atoms in total. The molecular formula is C16H13ClO6. The van der Waals surface area contributed by atoms with Crippen LogP contribution < -0.4 is 4.74 Å². The van der Waals surface area contributed by atoms with E-state index >= 15 is 0 Å². The summed E-state index contributed by atoms with van der Waals surface area (Å²) in [6.07, 6.45) is 0. The van der Waals surface area contributed by atoms with Gasteiger partial charge in [-0.05, 0) is 30.3 Å². The largest absolute Gasteiger partial charge is 0.508 e. The zero-order valence-electron chi connectivity index (χ0n) is 12.1. The topological polar surface area (TPSA) is 93.1 Å². The smallest absolute Gasteiger partial charge is 0.342 e. The van der Waals surface area contributed by atoms with E-state index in [0.29, 0.717) is 5.75 Å². The van der Waals surface area contributed by atoms with Crippen LogP contribution in [0.3, 0.4) is 0 Å². The number of phenolic OH excluding ortho intramolecular Hbond substituents is 2. The molecule has 0 fully saturated rings. The van der Waals surface area contributed by atoms with Gasteiger partial charge in [-0.25, -0.2) is 4.79 Å². The maximum Gasteiger partial charge on any atom is 0.342 e. The highest BCUT2D eigenvalue weighted by Crippen LogP contribution is 2.25.